The van der Waals surface area contributed by atoms with Gasteiger partial charge in [-0.25, -0.2) is 0 Å². The summed E-state index contributed by atoms with van der Waals surface area (Å²) in [5.74, 6) is 1.01. The van der Waals surface area contributed by atoms with Gasteiger partial charge in [-0.1, -0.05) is 12.1 Å². The largest absolute Gasteiger partial charge is 0.496 e. The highest BCUT2D eigenvalue weighted by atomic mass is 16.5. The number of benzene rings is 1. The van der Waals surface area contributed by atoms with Crippen LogP contribution in [0.15, 0.2) is 18.2 Å². The Labute approximate surface area is 128 Å². The van der Waals surface area contributed by atoms with Gasteiger partial charge >= 0.3 is 0 Å². The lowest BCUT2D eigenvalue weighted by atomic mass is 9.95. The minimum atomic E-state index is 0.346. The number of nitrogens with one attached hydrogen (secondary N) is 1. The number of ether oxygens (including phenoxy) is 1. The van der Waals surface area contributed by atoms with Crippen LogP contribution < -0.4 is 10.1 Å². The topological polar surface area (TPSA) is 24.5 Å². The average molecular weight is 288 g/mol. The van der Waals surface area contributed by atoms with Crippen molar-refractivity contribution in [3.05, 3.63) is 29.3 Å². The number of rotatable bonds is 4. The minimum absolute atomic E-state index is 0.346. The summed E-state index contributed by atoms with van der Waals surface area (Å²) in [4.78, 5) is 2.68. The molecule has 3 rings (SSSR count). The molecule has 2 fully saturated rings. The highest BCUT2D eigenvalue weighted by Crippen LogP contribution is 2.30. The Hall–Kier alpha value is -1.06. The third-order valence-electron chi connectivity index (χ3n) is 5.16. The van der Waals surface area contributed by atoms with E-state index in [1.807, 2.05) is 0 Å². The molecule has 1 aromatic rings. The first-order valence-corrected chi connectivity index (χ1v) is 8.32. The lowest BCUT2D eigenvalue weighted by Gasteiger charge is -2.36. The van der Waals surface area contributed by atoms with Gasteiger partial charge in [0, 0.05) is 23.7 Å². The van der Waals surface area contributed by atoms with Crippen LogP contribution in [0.5, 0.6) is 5.75 Å². The highest BCUT2D eigenvalue weighted by Gasteiger charge is 2.32. The summed E-state index contributed by atoms with van der Waals surface area (Å²) in [7, 11) is 1.77. The molecule has 0 aliphatic carbocycles. The van der Waals surface area contributed by atoms with Crippen molar-refractivity contribution in [1.82, 2.24) is 10.2 Å². The first-order chi connectivity index (χ1) is 10.2. The van der Waals surface area contributed by atoms with Crippen LogP contribution in [0.1, 0.15) is 49.8 Å². The fourth-order valence-corrected chi connectivity index (χ4v) is 4.00. The number of hydrogen-bond donors (Lipinski definition) is 1. The van der Waals surface area contributed by atoms with E-state index in [-0.39, 0.29) is 0 Å². The number of hydrogen-bond acceptors (Lipinski definition) is 3. The summed E-state index contributed by atoms with van der Waals surface area (Å²) in [5, 5.41) is 3.84. The normalized spacial score (nSPS) is 27.4. The average Bonchev–Trinajstić information content (AvgIpc) is 2.94. The van der Waals surface area contributed by atoms with E-state index in [0.717, 1.165) is 11.8 Å². The van der Waals surface area contributed by atoms with Crippen LogP contribution in [0.3, 0.4) is 0 Å². The van der Waals surface area contributed by atoms with E-state index in [1.54, 1.807) is 7.11 Å². The molecule has 1 N–H and O–H groups in total. The van der Waals surface area contributed by atoms with Crippen LogP contribution >= 0.6 is 0 Å². The molecular weight excluding hydrogens is 260 g/mol. The van der Waals surface area contributed by atoms with Gasteiger partial charge in [-0.05, 0) is 64.3 Å². The van der Waals surface area contributed by atoms with Crippen molar-refractivity contribution in [3.8, 4) is 5.75 Å². The van der Waals surface area contributed by atoms with Gasteiger partial charge in [-0.15, -0.1) is 0 Å². The van der Waals surface area contributed by atoms with Crippen LogP contribution in [0.25, 0.3) is 0 Å². The van der Waals surface area contributed by atoms with Gasteiger partial charge in [0.2, 0.25) is 0 Å². The zero-order valence-electron chi connectivity index (χ0n) is 13.6. The van der Waals surface area contributed by atoms with Crippen molar-refractivity contribution in [2.75, 3.05) is 20.2 Å². The number of fused-ring (bicyclic) bond motifs is 1. The molecule has 2 saturated heterocycles. The highest BCUT2D eigenvalue weighted by molar-refractivity contribution is 5.39. The van der Waals surface area contributed by atoms with Gasteiger partial charge in [-0.3, -0.25) is 0 Å². The van der Waals surface area contributed by atoms with Crippen molar-refractivity contribution in [2.45, 2.75) is 57.7 Å². The first-order valence-electron chi connectivity index (χ1n) is 8.32. The maximum atomic E-state index is 5.56. The van der Waals surface area contributed by atoms with E-state index in [9.17, 15) is 0 Å². The van der Waals surface area contributed by atoms with Crippen LogP contribution in [0.4, 0.5) is 0 Å². The maximum absolute atomic E-state index is 5.56. The van der Waals surface area contributed by atoms with E-state index in [0.29, 0.717) is 12.1 Å². The number of nitrogens with zero attached hydrogens (tertiary/aromatic N) is 1. The minimum Gasteiger partial charge on any atom is -0.496 e. The van der Waals surface area contributed by atoms with E-state index < -0.39 is 0 Å². The molecule has 0 amide bonds. The SMILES string of the molecule is COc1cc(C)ccc1C(C)NC1CCN2CCCC2C1. The van der Waals surface area contributed by atoms with Crippen LogP contribution in [0.2, 0.25) is 0 Å². The molecule has 1 aromatic carbocycles. The zero-order chi connectivity index (χ0) is 14.8. The molecule has 2 heterocycles. The molecule has 3 unspecified atom stereocenters. The van der Waals surface area contributed by atoms with Gasteiger partial charge in [0.15, 0.2) is 0 Å². The Bertz CT molecular complexity index is 488. The molecule has 0 aromatic heterocycles. The quantitative estimate of drug-likeness (QED) is 0.920. The molecule has 0 bridgehead atoms. The van der Waals surface area contributed by atoms with Gasteiger partial charge in [0.25, 0.3) is 0 Å². The van der Waals surface area contributed by atoms with Crippen molar-refractivity contribution in [1.29, 1.82) is 0 Å². The zero-order valence-corrected chi connectivity index (χ0v) is 13.6. The summed E-state index contributed by atoms with van der Waals surface area (Å²) in [6, 6.07) is 8.33. The van der Waals surface area contributed by atoms with Gasteiger partial charge in [0.05, 0.1) is 7.11 Å². The fourth-order valence-electron chi connectivity index (χ4n) is 4.00. The monoisotopic (exact) mass is 288 g/mol. The lowest BCUT2D eigenvalue weighted by molar-refractivity contribution is 0.162. The fraction of sp³-hybridized carbons (Fsp3) is 0.667. The predicted octanol–water partition coefficient (Wildman–Crippen LogP) is 3.28. The maximum Gasteiger partial charge on any atom is 0.123 e. The lowest BCUT2D eigenvalue weighted by Crippen LogP contribution is -2.46. The molecule has 0 spiro atoms. The van der Waals surface area contributed by atoms with Crippen molar-refractivity contribution in [2.24, 2.45) is 0 Å². The molecule has 2 aliphatic heterocycles. The van der Waals surface area contributed by atoms with Crippen molar-refractivity contribution in [3.63, 3.8) is 0 Å². The third-order valence-corrected chi connectivity index (χ3v) is 5.16. The Balaban J connectivity index is 1.64. The smallest absolute Gasteiger partial charge is 0.123 e. The summed E-state index contributed by atoms with van der Waals surface area (Å²) >= 11 is 0. The van der Waals surface area contributed by atoms with E-state index >= 15 is 0 Å². The molecular formula is C18H28N2O. The van der Waals surface area contributed by atoms with Crippen LogP contribution in [0, 0.1) is 6.92 Å². The summed E-state index contributed by atoms with van der Waals surface area (Å²) in [6.45, 7) is 6.95. The second-order valence-corrected chi connectivity index (χ2v) is 6.69. The van der Waals surface area contributed by atoms with Crippen LogP contribution in [-0.2, 0) is 0 Å². The molecule has 3 atom stereocenters. The third kappa shape index (κ3) is 3.24. The second kappa shape index (κ2) is 6.37. The number of piperidine rings is 1. The van der Waals surface area contributed by atoms with Gasteiger partial charge in [0.1, 0.15) is 5.75 Å². The summed E-state index contributed by atoms with van der Waals surface area (Å²) < 4.78 is 5.56. The van der Waals surface area contributed by atoms with Crippen molar-refractivity contribution >= 4 is 0 Å². The Morgan fingerprint density at radius 2 is 2.14 bits per heavy atom. The predicted molar refractivity (Wildman–Crippen MR) is 86.9 cm³/mol. The van der Waals surface area contributed by atoms with Crippen LogP contribution in [-0.4, -0.2) is 37.2 Å². The van der Waals surface area contributed by atoms with E-state index in [1.165, 1.54) is 49.9 Å². The first kappa shape index (κ1) is 14.9. The molecule has 3 heteroatoms. The molecule has 21 heavy (non-hydrogen) atoms. The van der Waals surface area contributed by atoms with E-state index in [2.05, 4.69) is 42.3 Å². The second-order valence-electron chi connectivity index (χ2n) is 6.69. The molecule has 0 radical (unpaired) electrons. The standard InChI is InChI=1S/C18H28N2O/c1-13-6-7-17(18(11-13)21-3)14(2)19-15-8-10-20-9-4-5-16(20)12-15/h6-7,11,14-16,19H,4-5,8-10,12H2,1-3H3. The Kier molecular flexibility index (Phi) is 4.51. The van der Waals surface area contributed by atoms with Gasteiger partial charge in [-0.2, -0.15) is 0 Å². The van der Waals surface area contributed by atoms with Crippen molar-refractivity contribution < 1.29 is 4.74 Å². The molecule has 2 aliphatic rings. The summed E-state index contributed by atoms with van der Waals surface area (Å²) in [5.41, 5.74) is 2.53. The Morgan fingerprint density at radius 1 is 1.29 bits per heavy atom. The molecule has 0 saturated carbocycles. The number of aryl methyl sites for hydroxylation is 1. The molecule has 3 nitrogen and oxygen atoms in total. The van der Waals surface area contributed by atoms with E-state index in [4.69, 9.17) is 4.74 Å². The van der Waals surface area contributed by atoms with Gasteiger partial charge < -0.3 is 15.0 Å². The Morgan fingerprint density at radius 3 is 2.95 bits per heavy atom. The summed E-state index contributed by atoms with van der Waals surface area (Å²) in [6.07, 6.45) is 5.35. The molecule has 116 valence electrons. The number of methoxy groups -OCH3 is 1.